The van der Waals surface area contributed by atoms with E-state index in [9.17, 15) is 4.79 Å². The van der Waals surface area contributed by atoms with Crippen LogP contribution in [0.2, 0.25) is 0 Å². The van der Waals surface area contributed by atoms with Crippen LogP contribution in [0.25, 0.3) is 11.3 Å². The maximum Gasteiger partial charge on any atom is 0.257 e. The fraction of sp³-hybridized carbons (Fsp3) is 0.105. The Morgan fingerprint density at radius 1 is 1.12 bits per heavy atom. The van der Waals surface area contributed by atoms with Crippen LogP contribution in [0, 0.1) is 3.57 Å². The molecular formula is C19H17IN4O2. The van der Waals surface area contributed by atoms with E-state index in [4.69, 9.17) is 5.11 Å². The SMILES string of the molecule is O=C(Nc1ccc(I)c(-c2ccccn2)c1)c1ccc(NCCO)nc1. The van der Waals surface area contributed by atoms with Crippen molar-refractivity contribution in [3.8, 4) is 11.3 Å². The summed E-state index contributed by atoms with van der Waals surface area (Å²) in [7, 11) is 0. The molecular weight excluding hydrogens is 443 g/mol. The molecule has 3 rings (SSSR count). The van der Waals surface area contributed by atoms with Crippen LogP contribution in [0.15, 0.2) is 60.9 Å². The predicted molar refractivity (Wildman–Crippen MR) is 110 cm³/mol. The highest BCUT2D eigenvalue weighted by atomic mass is 127. The number of carbonyl (C=O) groups excluding carboxylic acids is 1. The van der Waals surface area contributed by atoms with Crippen molar-refractivity contribution in [2.45, 2.75) is 0 Å². The fourth-order valence-electron chi connectivity index (χ4n) is 2.34. The van der Waals surface area contributed by atoms with Crippen molar-refractivity contribution in [1.82, 2.24) is 9.97 Å². The summed E-state index contributed by atoms with van der Waals surface area (Å²) in [6.07, 6.45) is 3.25. The Morgan fingerprint density at radius 2 is 2.00 bits per heavy atom. The average molecular weight is 460 g/mol. The van der Waals surface area contributed by atoms with Crippen LogP contribution in [0.1, 0.15) is 10.4 Å². The summed E-state index contributed by atoms with van der Waals surface area (Å²) in [6.45, 7) is 0.437. The number of aromatic nitrogens is 2. The zero-order chi connectivity index (χ0) is 18.4. The van der Waals surface area contributed by atoms with Crippen molar-refractivity contribution in [2.75, 3.05) is 23.8 Å². The number of carbonyl (C=O) groups is 1. The molecule has 7 heteroatoms. The highest BCUT2D eigenvalue weighted by Gasteiger charge is 2.10. The molecule has 0 aliphatic rings. The summed E-state index contributed by atoms with van der Waals surface area (Å²) >= 11 is 2.25. The van der Waals surface area contributed by atoms with Crippen molar-refractivity contribution >= 4 is 40.0 Å². The average Bonchev–Trinajstić information content (AvgIpc) is 2.69. The van der Waals surface area contributed by atoms with Gasteiger partial charge in [0.05, 0.1) is 17.9 Å². The third kappa shape index (κ3) is 4.55. The van der Waals surface area contributed by atoms with Gasteiger partial charge in [-0.25, -0.2) is 4.98 Å². The molecule has 0 fully saturated rings. The second-order valence-electron chi connectivity index (χ2n) is 5.45. The number of anilines is 2. The molecule has 0 radical (unpaired) electrons. The lowest BCUT2D eigenvalue weighted by molar-refractivity contribution is 0.102. The first-order valence-corrected chi connectivity index (χ1v) is 9.08. The monoisotopic (exact) mass is 460 g/mol. The number of benzene rings is 1. The zero-order valence-electron chi connectivity index (χ0n) is 13.8. The van der Waals surface area contributed by atoms with Crippen molar-refractivity contribution in [3.05, 3.63) is 70.1 Å². The van der Waals surface area contributed by atoms with Crippen LogP contribution >= 0.6 is 22.6 Å². The van der Waals surface area contributed by atoms with Gasteiger partial charge in [-0.05, 0) is 65.1 Å². The molecule has 3 N–H and O–H groups in total. The molecule has 0 saturated carbocycles. The first-order chi connectivity index (χ1) is 12.7. The lowest BCUT2D eigenvalue weighted by Gasteiger charge is -2.10. The summed E-state index contributed by atoms with van der Waals surface area (Å²) in [5.74, 6) is 0.377. The van der Waals surface area contributed by atoms with Gasteiger partial charge in [0.2, 0.25) is 0 Å². The molecule has 0 unspecified atom stereocenters. The number of hydrogen-bond acceptors (Lipinski definition) is 5. The number of hydrogen-bond donors (Lipinski definition) is 3. The van der Waals surface area contributed by atoms with Gasteiger partial charge in [0.1, 0.15) is 5.82 Å². The quantitative estimate of drug-likeness (QED) is 0.491. The molecule has 2 heterocycles. The molecule has 0 saturated heterocycles. The minimum atomic E-state index is -0.237. The standard InChI is InChI=1S/C19H17IN4O2/c20-16-6-5-14(11-15(16)17-3-1-2-8-21-17)24-19(26)13-4-7-18(23-12-13)22-9-10-25/h1-8,11-12,25H,9-10H2,(H,22,23)(H,24,26). The van der Waals surface area contributed by atoms with E-state index in [0.29, 0.717) is 23.6 Å². The Bertz CT molecular complexity index is 886. The van der Waals surface area contributed by atoms with E-state index in [1.54, 1.807) is 18.3 Å². The summed E-state index contributed by atoms with van der Waals surface area (Å²) in [4.78, 5) is 21.0. The Labute approximate surface area is 164 Å². The third-order valence-electron chi connectivity index (χ3n) is 3.61. The van der Waals surface area contributed by atoms with E-state index in [0.717, 1.165) is 14.8 Å². The van der Waals surface area contributed by atoms with Gasteiger partial charge in [-0.15, -0.1) is 0 Å². The second kappa shape index (κ2) is 8.72. The Hall–Kier alpha value is -2.52. The predicted octanol–water partition coefficient (Wildman–Crippen LogP) is 3.40. The number of pyridine rings is 2. The Morgan fingerprint density at radius 3 is 2.69 bits per heavy atom. The van der Waals surface area contributed by atoms with Gasteiger partial charge in [-0.2, -0.15) is 0 Å². The number of nitrogens with zero attached hydrogens (tertiary/aromatic N) is 2. The van der Waals surface area contributed by atoms with Crippen LogP contribution in [-0.4, -0.2) is 34.1 Å². The largest absolute Gasteiger partial charge is 0.395 e. The van der Waals surface area contributed by atoms with E-state index in [-0.39, 0.29) is 12.5 Å². The summed E-state index contributed by atoms with van der Waals surface area (Å²) in [6, 6.07) is 14.8. The normalized spacial score (nSPS) is 10.4. The number of amides is 1. The van der Waals surface area contributed by atoms with Gasteiger partial charge in [-0.1, -0.05) is 6.07 Å². The fourth-order valence-corrected chi connectivity index (χ4v) is 2.95. The number of rotatable bonds is 6. The van der Waals surface area contributed by atoms with E-state index in [1.807, 2.05) is 36.4 Å². The van der Waals surface area contributed by atoms with Gasteiger partial charge in [0, 0.05) is 33.8 Å². The van der Waals surface area contributed by atoms with E-state index in [1.165, 1.54) is 6.20 Å². The molecule has 0 spiro atoms. The summed E-state index contributed by atoms with van der Waals surface area (Å²) in [5.41, 5.74) is 2.97. The van der Waals surface area contributed by atoms with Crippen LogP contribution in [0.3, 0.4) is 0 Å². The van der Waals surface area contributed by atoms with E-state index >= 15 is 0 Å². The van der Waals surface area contributed by atoms with E-state index < -0.39 is 0 Å². The lowest BCUT2D eigenvalue weighted by Crippen LogP contribution is -2.13. The molecule has 0 aliphatic carbocycles. The molecule has 1 amide bonds. The number of halogens is 1. The number of nitrogens with one attached hydrogen (secondary N) is 2. The van der Waals surface area contributed by atoms with Gasteiger partial charge in [0.25, 0.3) is 5.91 Å². The van der Waals surface area contributed by atoms with Crippen LogP contribution in [-0.2, 0) is 0 Å². The van der Waals surface area contributed by atoms with Crippen LogP contribution in [0.4, 0.5) is 11.5 Å². The van der Waals surface area contributed by atoms with E-state index in [2.05, 4.69) is 43.2 Å². The van der Waals surface area contributed by atoms with Crippen LogP contribution in [0.5, 0.6) is 0 Å². The highest BCUT2D eigenvalue weighted by Crippen LogP contribution is 2.27. The first kappa shape index (κ1) is 18.3. The van der Waals surface area contributed by atoms with Crippen molar-refractivity contribution in [2.24, 2.45) is 0 Å². The van der Waals surface area contributed by atoms with Gasteiger partial charge in [-0.3, -0.25) is 9.78 Å². The molecule has 2 aromatic heterocycles. The maximum atomic E-state index is 12.4. The van der Waals surface area contributed by atoms with Crippen molar-refractivity contribution < 1.29 is 9.90 Å². The number of aliphatic hydroxyl groups excluding tert-OH is 1. The van der Waals surface area contributed by atoms with Crippen molar-refractivity contribution in [3.63, 3.8) is 0 Å². The molecule has 6 nitrogen and oxygen atoms in total. The highest BCUT2D eigenvalue weighted by molar-refractivity contribution is 14.1. The second-order valence-corrected chi connectivity index (χ2v) is 6.61. The topological polar surface area (TPSA) is 87.1 Å². The summed E-state index contributed by atoms with van der Waals surface area (Å²) < 4.78 is 1.06. The maximum absolute atomic E-state index is 12.4. The van der Waals surface area contributed by atoms with Gasteiger partial charge >= 0.3 is 0 Å². The van der Waals surface area contributed by atoms with Gasteiger partial charge < -0.3 is 15.7 Å². The molecule has 0 aliphatic heterocycles. The Balaban J connectivity index is 1.75. The summed E-state index contributed by atoms with van der Waals surface area (Å²) in [5, 5.41) is 14.6. The molecule has 132 valence electrons. The van der Waals surface area contributed by atoms with Gasteiger partial charge in [0.15, 0.2) is 0 Å². The molecule has 0 atom stereocenters. The minimum absolute atomic E-state index is 0.0231. The molecule has 3 aromatic rings. The Kier molecular flexibility index (Phi) is 6.13. The molecule has 0 bridgehead atoms. The smallest absolute Gasteiger partial charge is 0.257 e. The van der Waals surface area contributed by atoms with Crippen molar-refractivity contribution in [1.29, 1.82) is 0 Å². The van der Waals surface area contributed by atoms with Crippen LogP contribution < -0.4 is 10.6 Å². The molecule has 1 aromatic carbocycles. The minimum Gasteiger partial charge on any atom is -0.395 e. The first-order valence-electron chi connectivity index (χ1n) is 8.00. The zero-order valence-corrected chi connectivity index (χ0v) is 16.0. The lowest BCUT2D eigenvalue weighted by atomic mass is 10.1. The number of aliphatic hydroxyl groups is 1. The molecule has 26 heavy (non-hydrogen) atoms. The third-order valence-corrected chi connectivity index (χ3v) is 4.55.